The number of carbonyl (C=O) groups excluding carboxylic acids is 2. The predicted octanol–water partition coefficient (Wildman–Crippen LogP) is 9.56. The van der Waals surface area contributed by atoms with Gasteiger partial charge in [0.1, 0.15) is 17.9 Å². The number of halogens is 1. The lowest BCUT2D eigenvalue weighted by Gasteiger charge is -2.42. The molecule has 7 rings (SSSR count). The maximum Gasteiger partial charge on any atom is 0.290 e. The molecule has 0 aromatic heterocycles. The van der Waals surface area contributed by atoms with Crippen molar-refractivity contribution >= 4 is 34.5 Å². The highest BCUT2D eigenvalue weighted by Crippen LogP contribution is 2.48. The Morgan fingerprint density at radius 3 is 2.02 bits per heavy atom. The molecule has 0 saturated carbocycles. The molecule has 2 heterocycles. The molecule has 6 nitrogen and oxygen atoms in total. The molecule has 2 aliphatic heterocycles. The summed E-state index contributed by atoms with van der Waals surface area (Å²) in [6.07, 6.45) is 2.47. The van der Waals surface area contributed by atoms with E-state index >= 15 is 0 Å². The molecule has 0 N–H and O–H groups in total. The van der Waals surface area contributed by atoms with Crippen molar-refractivity contribution in [2.75, 3.05) is 26.3 Å². The number of carbonyl (C=O) groups is 2. The molecule has 8 heteroatoms. The predicted molar refractivity (Wildman–Crippen MR) is 209 cm³/mol. The third-order valence-electron chi connectivity index (χ3n) is 10.1. The fraction of sp³-hybridized carbons (Fsp3) is 0.273. The first kappa shape index (κ1) is 36.0. The van der Waals surface area contributed by atoms with E-state index < -0.39 is 10.8 Å². The molecule has 5 aromatic rings. The zero-order chi connectivity index (χ0) is 35.9. The van der Waals surface area contributed by atoms with E-state index in [0.29, 0.717) is 19.6 Å². The van der Waals surface area contributed by atoms with Crippen LogP contribution in [0.25, 0.3) is 0 Å². The molecule has 52 heavy (non-hydrogen) atoms. The maximum absolute atomic E-state index is 14.5. The van der Waals surface area contributed by atoms with Crippen LogP contribution in [0.3, 0.4) is 0 Å². The molecule has 3 unspecified atom stereocenters. The van der Waals surface area contributed by atoms with Crippen LogP contribution in [-0.2, 0) is 21.5 Å². The SMILES string of the molecule is CCCC(COc1ccc(CC2SC(=O)N(C(c3ccccc3)(c3ccccc3)c3ccccc3)C2=O)cc1)N1CCOC(c2cccc(Cl)c2)C1. The van der Waals surface area contributed by atoms with Gasteiger partial charge >= 0.3 is 0 Å². The summed E-state index contributed by atoms with van der Waals surface area (Å²) in [5.74, 6) is 0.583. The first-order valence-corrected chi connectivity index (χ1v) is 19.3. The number of rotatable bonds is 13. The Balaban J connectivity index is 1.06. The van der Waals surface area contributed by atoms with Crippen LogP contribution >= 0.6 is 23.4 Å². The van der Waals surface area contributed by atoms with Gasteiger partial charge in [-0.05, 0) is 64.9 Å². The Labute approximate surface area is 315 Å². The number of nitrogens with zero attached hydrogens (tertiary/aromatic N) is 2. The summed E-state index contributed by atoms with van der Waals surface area (Å²) < 4.78 is 12.5. The van der Waals surface area contributed by atoms with E-state index in [4.69, 9.17) is 21.1 Å². The number of ether oxygens (including phenoxy) is 2. The summed E-state index contributed by atoms with van der Waals surface area (Å²) in [4.78, 5) is 32.6. The monoisotopic (exact) mass is 730 g/mol. The number of hydrogen-bond acceptors (Lipinski definition) is 6. The van der Waals surface area contributed by atoms with Crippen LogP contribution in [0.4, 0.5) is 4.79 Å². The van der Waals surface area contributed by atoms with Gasteiger partial charge in [-0.1, -0.05) is 152 Å². The Morgan fingerprint density at radius 1 is 0.827 bits per heavy atom. The molecule has 5 aromatic carbocycles. The third kappa shape index (κ3) is 7.55. The van der Waals surface area contributed by atoms with E-state index in [1.807, 2.05) is 133 Å². The van der Waals surface area contributed by atoms with Crippen LogP contribution in [0.2, 0.25) is 5.02 Å². The van der Waals surface area contributed by atoms with E-state index in [-0.39, 0.29) is 23.3 Å². The van der Waals surface area contributed by atoms with Gasteiger partial charge in [0.25, 0.3) is 5.24 Å². The summed E-state index contributed by atoms with van der Waals surface area (Å²) >= 11 is 7.38. The minimum Gasteiger partial charge on any atom is -0.492 e. The Kier molecular flexibility index (Phi) is 11.4. The van der Waals surface area contributed by atoms with Crippen molar-refractivity contribution in [1.29, 1.82) is 0 Å². The molecule has 3 atom stereocenters. The van der Waals surface area contributed by atoms with Gasteiger partial charge in [-0.15, -0.1) is 0 Å². The summed E-state index contributed by atoms with van der Waals surface area (Å²) in [5.41, 5.74) is 3.51. The number of thioether (sulfide) groups is 1. The molecule has 0 bridgehead atoms. The fourth-order valence-electron chi connectivity index (χ4n) is 7.56. The van der Waals surface area contributed by atoms with Gasteiger partial charge in [-0.3, -0.25) is 19.4 Å². The lowest BCUT2D eigenvalue weighted by molar-refractivity contribution is -0.129. The molecule has 0 spiro atoms. The van der Waals surface area contributed by atoms with Crippen molar-refractivity contribution in [1.82, 2.24) is 9.80 Å². The molecule has 2 saturated heterocycles. The quantitative estimate of drug-likeness (QED) is 0.113. The summed E-state index contributed by atoms with van der Waals surface area (Å²) in [5, 5.41) is -0.0961. The molecule has 2 amide bonds. The van der Waals surface area contributed by atoms with E-state index in [0.717, 1.165) is 76.3 Å². The smallest absolute Gasteiger partial charge is 0.290 e. The molecule has 0 aliphatic carbocycles. The first-order valence-electron chi connectivity index (χ1n) is 18.0. The van der Waals surface area contributed by atoms with Crippen molar-refractivity contribution in [3.8, 4) is 5.75 Å². The minimum atomic E-state index is -1.12. The number of hydrogen-bond donors (Lipinski definition) is 0. The first-order chi connectivity index (χ1) is 25.5. The highest BCUT2D eigenvalue weighted by molar-refractivity contribution is 8.15. The molecular weight excluding hydrogens is 688 g/mol. The lowest BCUT2D eigenvalue weighted by Crippen LogP contribution is -2.51. The van der Waals surface area contributed by atoms with Gasteiger partial charge in [-0.2, -0.15) is 0 Å². The Bertz CT molecular complexity index is 1850. The highest BCUT2D eigenvalue weighted by atomic mass is 35.5. The molecule has 2 fully saturated rings. The number of benzene rings is 5. The van der Waals surface area contributed by atoms with Crippen LogP contribution in [-0.4, -0.2) is 58.5 Å². The van der Waals surface area contributed by atoms with Crippen molar-refractivity contribution < 1.29 is 19.1 Å². The van der Waals surface area contributed by atoms with Gasteiger partial charge < -0.3 is 9.47 Å². The second kappa shape index (κ2) is 16.5. The summed E-state index contributed by atoms with van der Waals surface area (Å²) in [6, 6.07) is 45.7. The van der Waals surface area contributed by atoms with Gasteiger partial charge in [0, 0.05) is 24.2 Å². The maximum atomic E-state index is 14.5. The summed E-state index contributed by atoms with van der Waals surface area (Å²) in [7, 11) is 0. The van der Waals surface area contributed by atoms with E-state index in [1.54, 1.807) is 0 Å². The molecule has 266 valence electrons. The standard InChI is InChI=1S/C44H43ClN2O4S/c1-2-13-38(46-26-27-50-40(30-46)33-14-12-21-37(45)29-33)31-51-39-24-22-32(23-25-39)28-41-42(48)47(43(49)52-41)44(34-15-6-3-7-16-34,35-17-8-4-9-18-35)36-19-10-5-11-20-36/h3-12,14-25,29,38,40-41H,2,13,26-28,30-31H2,1H3. The molecule has 0 radical (unpaired) electrons. The highest BCUT2D eigenvalue weighted by Gasteiger charge is 2.54. The van der Waals surface area contributed by atoms with Crippen molar-refractivity contribution in [2.45, 2.75) is 49.1 Å². The lowest BCUT2D eigenvalue weighted by atomic mass is 9.75. The normalized spacial score (nSPS) is 18.8. The van der Waals surface area contributed by atoms with Crippen molar-refractivity contribution in [3.05, 3.63) is 172 Å². The zero-order valence-corrected chi connectivity index (χ0v) is 30.8. The average molecular weight is 731 g/mol. The second-order valence-electron chi connectivity index (χ2n) is 13.4. The van der Waals surface area contributed by atoms with Crippen molar-refractivity contribution in [2.24, 2.45) is 0 Å². The average Bonchev–Trinajstić information content (AvgIpc) is 3.47. The van der Waals surface area contributed by atoms with Crippen LogP contribution in [0.15, 0.2) is 140 Å². The van der Waals surface area contributed by atoms with E-state index in [2.05, 4.69) is 17.9 Å². The van der Waals surface area contributed by atoms with Crippen LogP contribution < -0.4 is 4.74 Å². The van der Waals surface area contributed by atoms with Gasteiger partial charge in [0.15, 0.2) is 0 Å². The largest absolute Gasteiger partial charge is 0.492 e. The van der Waals surface area contributed by atoms with Crippen LogP contribution in [0.5, 0.6) is 5.75 Å². The summed E-state index contributed by atoms with van der Waals surface area (Å²) in [6.45, 7) is 5.07. The van der Waals surface area contributed by atoms with Gasteiger partial charge in [-0.25, -0.2) is 0 Å². The van der Waals surface area contributed by atoms with E-state index in [1.165, 1.54) is 4.90 Å². The van der Waals surface area contributed by atoms with Gasteiger partial charge in [0.2, 0.25) is 5.91 Å². The zero-order valence-electron chi connectivity index (χ0n) is 29.3. The third-order valence-corrected chi connectivity index (χ3v) is 11.3. The minimum absolute atomic E-state index is 0.0247. The molecular formula is C44H43ClN2O4S. The fourth-order valence-corrected chi connectivity index (χ4v) is 8.81. The number of amides is 2. The topological polar surface area (TPSA) is 59.1 Å². The van der Waals surface area contributed by atoms with E-state index in [9.17, 15) is 9.59 Å². The van der Waals surface area contributed by atoms with Gasteiger partial charge in [0.05, 0.1) is 18.0 Å². The van der Waals surface area contributed by atoms with Crippen molar-refractivity contribution in [3.63, 3.8) is 0 Å². The van der Waals surface area contributed by atoms with Crippen LogP contribution in [0.1, 0.15) is 53.7 Å². The second-order valence-corrected chi connectivity index (χ2v) is 15.0. The Hall–Kier alpha value is -4.40. The molecule has 2 aliphatic rings. The number of morpholine rings is 1. The Morgan fingerprint density at radius 2 is 1.44 bits per heavy atom. The number of imide groups is 1. The van der Waals surface area contributed by atoms with Crippen LogP contribution in [0, 0.1) is 0 Å².